The minimum absolute atomic E-state index is 0.0257. The van der Waals surface area contributed by atoms with E-state index in [2.05, 4.69) is 0 Å². The Morgan fingerprint density at radius 2 is 2.46 bits per heavy atom. The van der Waals surface area contributed by atoms with Crippen LogP contribution in [0.5, 0.6) is 0 Å². The number of carbonyl (C=O) groups excluding carboxylic acids is 1. The smallest absolute Gasteiger partial charge is 0.189 e. The van der Waals surface area contributed by atoms with Crippen molar-refractivity contribution in [2.24, 2.45) is 5.73 Å². The Morgan fingerprint density at radius 3 is 3.00 bits per heavy atom. The molecule has 0 bridgehead atoms. The molecule has 3 nitrogen and oxygen atoms in total. The van der Waals surface area contributed by atoms with E-state index < -0.39 is 0 Å². The molecule has 4 heteroatoms. The number of ketones is 1. The van der Waals surface area contributed by atoms with Crippen LogP contribution in [0.4, 0.5) is 0 Å². The summed E-state index contributed by atoms with van der Waals surface area (Å²) in [5.74, 6) is 0.0257. The Labute approximate surface area is 81.5 Å². The monoisotopic (exact) mass is 199 g/mol. The average molecular weight is 199 g/mol. The highest BCUT2D eigenvalue weighted by atomic mass is 32.1. The molecule has 1 aromatic heterocycles. The second kappa shape index (κ2) is 5.11. The van der Waals surface area contributed by atoms with Gasteiger partial charge in [-0.25, -0.2) is 0 Å². The van der Waals surface area contributed by atoms with Crippen LogP contribution in [0.1, 0.15) is 15.2 Å². The maximum Gasteiger partial charge on any atom is 0.189 e. The summed E-state index contributed by atoms with van der Waals surface area (Å²) < 4.78 is 5.04. The van der Waals surface area contributed by atoms with Crippen molar-refractivity contribution in [2.75, 3.05) is 19.8 Å². The highest BCUT2D eigenvalue weighted by Crippen LogP contribution is 2.13. The molecule has 0 aliphatic heterocycles. The van der Waals surface area contributed by atoms with Crippen LogP contribution in [0, 0.1) is 6.92 Å². The zero-order valence-electron chi connectivity index (χ0n) is 7.58. The van der Waals surface area contributed by atoms with E-state index in [1.807, 2.05) is 18.4 Å². The number of aryl methyl sites for hydroxylation is 1. The highest BCUT2D eigenvalue weighted by molar-refractivity contribution is 7.10. The van der Waals surface area contributed by atoms with Crippen LogP contribution in [-0.4, -0.2) is 25.5 Å². The lowest BCUT2D eigenvalue weighted by atomic mass is 10.2. The number of hydrogen-bond donors (Lipinski definition) is 1. The fourth-order valence-electron chi connectivity index (χ4n) is 0.921. The van der Waals surface area contributed by atoms with Crippen molar-refractivity contribution in [3.8, 4) is 0 Å². The second-order valence-corrected chi connectivity index (χ2v) is 3.83. The van der Waals surface area contributed by atoms with Gasteiger partial charge in [0.1, 0.15) is 6.61 Å². The zero-order valence-corrected chi connectivity index (χ0v) is 8.39. The molecule has 0 fully saturated rings. The molecule has 13 heavy (non-hydrogen) atoms. The first-order valence-electron chi connectivity index (χ1n) is 4.10. The van der Waals surface area contributed by atoms with Gasteiger partial charge in [-0.2, -0.15) is 0 Å². The minimum atomic E-state index is 0.0257. The Hall–Kier alpha value is -0.710. The number of thiophene rings is 1. The van der Waals surface area contributed by atoms with E-state index in [1.54, 1.807) is 11.3 Å². The number of hydrogen-bond acceptors (Lipinski definition) is 4. The number of carbonyl (C=O) groups is 1. The van der Waals surface area contributed by atoms with Crippen LogP contribution in [-0.2, 0) is 4.74 Å². The van der Waals surface area contributed by atoms with Gasteiger partial charge < -0.3 is 10.5 Å². The van der Waals surface area contributed by atoms with E-state index in [-0.39, 0.29) is 12.4 Å². The van der Waals surface area contributed by atoms with Crippen molar-refractivity contribution in [1.82, 2.24) is 0 Å². The predicted molar refractivity (Wildman–Crippen MR) is 53.3 cm³/mol. The first kappa shape index (κ1) is 10.4. The van der Waals surface area contributed by atoms with Gasteiger partial charge in [0.2, 0.25) is 0 Å². The van der Waals surface area contributed by atoms with Gasteiger partial charge in [0.05, 0.1) is 6.61 Å². The zero-order chi connectivity index (χ0) is 9.68. The van der Waals surface area contributed by atoms with Gasteiger partial charge in [-0.3, -0.25) is 4.79 Å². The number of Topliss-reactive ketones (excluding diaryl/α,β-unsaturated/α-hetero) is 1. The molecule has 0 radical (unpaired) electrons. The molecule has 0 atom stereocenters. The van der Waals surface area contributed by atoms with Crippen molar-refractivity contribution < 1.29 is 9.53 Å². The molecule has 1 heterocycles. The normalized spacial score (nSPS) is 10.3. The molecule has 0 amide bonds. The van der Waals surface area contributed by atoms with Crippen LogP contribution < -0.4 is 5.73 Å². The van der Waals surface area contributed by atoms with Gasteiger partial charge in [-0.15, -0.1) is 11.3 Å². The molecule has 0 aromatic carbocycles. The lowest BCUT2D eigenvalue weighted by molar-refractivity contribution is 0.0774. The summed E-state index contributed by atoms with van der Waals surface area (Å²) in [4.78, 5) is 12.5. The fraction of sp³-hybridized carbons (Fsp3) is 0.444. The van der Waals surface area contributed by atoms with Crippen LogP contribution in [0.3, 0.4) is 0 Å². The summed E-state index contributed by atoms with van der Waals surface area (Å²) in [6, 6.07) is 1.87. The molecular weight excluding hydrogens is 186 g/mol. The first-order valence-corrected chi connectivity index (χ1v) is 4.98. The third-order valence-corrected chi connectivity index (χ3v) is 2.41. The summed E-state index contributed by atoms with van der Waals surface area (Å²) in [6.07, 6.45) is 0. The van der Waals surface area contributed by atoms with E-state index >= 15 is 0 Å². The van der Waals surface area contributed by atoms with E-state index in [1.165, 1.54) is 0 Å². The van der Waals surface area contributed by atoms with E-state index in [4.69, 9.17) is 10.5 Å². The molecule has 1 aromatic rings. The molecule has 0 spiro atoms. The summed E-state index contributed by atoms with van der Waals surface area (Å²) >= 11 is 1.57. The number of ether oxygens (including phenoxy) is 1. The standard InChI is InChI=1S/C9H13NO2S/c1-7-4-8(6-13-7)9(11)5-12-3-2-10/h4,6H,2-3,5,10H2,1H3. The van der Waals surface area contributed by atoms with Crippen LogP contribution in [0.2, 0.25) is 0 Å². The molecule has 2 N–H and O–H groups in total. The molecule has 0 saturated heterocycles. The van der Waals surface area contributed by atoms with Crippen LogP contribution >= 0.6 is 11.3 Å². The first-order chi connectivity index (χ1) is 6.24. The molecule has 0 aliphatic carbocycles. The summed E-state index contributed by atoms with van der Waals surface area (Å²) in [6.45, 7) is 3.00. The minimum Gasteiger partial charge on any atom is -0.372 e. The quantitative estimate of drug-likeness (QED) is 0.573. The van der Waals surface area contributed by atoms with Crippen molar-refractivity contribution in [1.29, 1.82) is 0 Å². The fourth-order valence-corrected chi connectivity index (χ4v) is 1.63. The molecule has 1 rings (SSSR count). The van der Waals surface area contributed by atoms with Crippen molar-refractivity contribution in [3.05, 3.63) is 21.9 Å². The second-order valence-electron chi connectivity index (χ2n) is 2.71. The molecule has 0 saturated carbocycles. The topological polar surface area (TPSA) is 52.3 Å². The van der Waals surface area contributed by atoms with Gasteiger partial charge >= 0.3 is 0 Å². The molecule has 0 unspecified atom stereocenters. The van der Waals surface area contributed by atoms with E-state index in [0.717, 1.165) is 10.4 Å². The Bertz CT molecular complexity index is 283. The van der Waals surface area contributed by atoms with Gasteiger partial charge in [0, 0.05) is 22.4 Å². The SMILES string of the molecule is Cc1cc(C(=O)COCCN)cs1. The van der Waals surface area contributed by atoms with Gasteiger partial charge in [-0.05, 0) is 13.0 Å². The van der Waals surface area contributed by atoms with Crippen molar-refractivity contribution in [2.45, 2.75) is 6.92 Å². The maximum atomic E-state index is 11.4. The average Bonchev–Trinajstić information content (AvgIpc) is 2.52. The maximum absolute atomic E-state index is 11.4. The Kier molecular flexibility index (Phi) is 4.08. The predicted octanol–water partition coefficient (Wildman–Crippen LogP) is 1.21. The third-order valence-electron chi connectivity index (χ3n) is 1.55. The summed E-state index contributed by atoms with van der Waals surface area (Å²) in [7, 11) is 0. The van der Waals surface area contributed by atoms with E-state index in [0.29, 0.717) is 13.2 Å². The Morgan fingerprint density at radius 1 is 1.69 bits per heavy atom. The summed E-state index contributed by atoms with van der Waals surface area (Å²) in [5.41, 5.74) is 5.96. The lowest BCUT2D eigenvalue weighted by Crippen LogP contribution is -2.14. The van der Waals surface area contributed by atoms with Crippen molar-refractivity contribution >= 4 is 17.1 Å². The number of rotatable bonds is 5. The molecule has 72 valence electrons. The van der Waals surface area contributed by atoms with Gasteiger partial charge in [0.25, 0.3) is 0 Å². The highest BCUT2D eigenvalue weighted by Gasteiger charge is 2.06. The third kappa shape index (κ3) is 3.26. The van der Waals surface area contributed by atoms with E-state index in [9.17, 15) is 4.79 Å². The van der Waals surface area contributed by atoms with Crippen LogP contribution in [0.15, 0.2) is 11.4 Å². The lowest BCUT2D eigenvalue weighted by Gasteiger charge is -1.99. The Balaban J connectivity index is 2.40. The largest absolute Gasteiger partial charge is 0.372 e. The molecular formula is C9H13NO2S. The molecule has 0 aliphatic rings. The van der Waals surface area contributed by atoms with Gasteiger partial charge in [-0.1, -0.05) is 0 Å². The van der Waals surface area contributed by atoms with Crippen LogP contribution in [0.25, 0.3) is 0 Å². The summed E-state index contributed by atoms with van der Waals surface area (Å²) in [5, 5.41) is 1.85. The van der Waals surface area contributed by atoms with Gasteiger partial charge in [0.15, 0.2) is 5.78 Å². The van der Waals surface area contributed by atoms with Crippen molar-refractivity contribution in [3.63, 3.8) is 0 Å². The number of nitrogens with two attached hydrogens (primary N) is 1.